The van der Waals surface area contributed by atoms with Crippen LogP contribution >= 0.6 is 0 Å². The van der Waals surface area contributed by atoms with E-state index in [1.165, 1.54) is 29.2 Å². The third kappa shape index (κ3) is 5.38. The number of aliphatic hydroxyl groups excluding tert-OH is 4. The molecule has 1 amide bonds. The van der Waals surface area contributed by atoms with Crippen LogP contribution < -0.4 is 5.32 Å². The van der Waals surface area contributed by atoms with Crippen molar-refractivity contribution in [1.29, 1.82) is 0 Å². The zero-order chi connectivity index (χ0) is 35.3. The Morgan fingerprint density at radius 3 is 2.70 bits per heavy atom. The summed E-state index contributed by atoms with van der Waals surface area (Å²) in [6.07, 6.45) is 7.93. The molecule has 12 nitrogen and oxygen atoms in total. The molecule has 4 heterocycles. The minimum Gasteiger partial charge on any atom is -0.394 e. The Morgan fingerprint density at radius 1 is 1.14 bits per heavy atom. The Labute approximate surface area is 295 Å². The molecule has 1 spiro atoms. The number of ether oxygens (including phenoxy) is 2. The number of carbonyl (C=O) groups excluding carboxylic acids is 1. The van der Waals surface area contributed by atoms with Crippen LogP contribution in [-0.4, -0.2) is 108 Å². The zero-order valence-electron chi connectivity index (χ0n) is 30.2. The summed E-state index contributed by atoms with van der Waals surface area (Å²) in [4.78, 5) is 14.5. The molecule has 5 N–H and O–H groups in total. The van der Waals surface area contributed by atoms with Crippen molar-refractivity contribution in [2.75, 3.05) is 13.2 Å². The predicted molar refractivity (Wildman–Crippen MR) is 183 cm³/mol. The molecule has 3 unspecified atom stereocenters. The molecule has 50 heavy (non-hydrogen) atoms. The maximum Gasteiger partial charge on any atom is 0.217 e. The molecule has 1 aromatic rings. The van der Waals surface area contributed by atoms with Crippen LogP contribution in [-0.2, 0) is 20.8 Å². The molecule has 2 saturated carbocycles. The van der Waals surface area contributed by atoms with Gasteiger partial charge in [-0.3, -0.25) is 9.69 Å². The molecule has 8 rings (SSSR count). The highest BCUT2D eigenvalue weighted by atomic mass is 16.5. The number of likely N-dealkylation sites (tertiary alicyclic amines) is 1. The van der Waals surface area contributed by atoms with E-state index in [1.807, 2.05) is 0 Å². The molecular weight excluding hydrogens is 638 g/mol. The topological polar surface area (TPSA) is 162 Å². The summed E-state index contributed by atoms with van der Waals surface area (Å²) in [5.74, 6) is 2.34. The molecule has 7 aliphatic rings. The molecule has 1 aromatic heterocycles. The van der Waals surface area contributed by atoms with Gasteiger partial charge in [-0.25, -0.2) is 4.68 Å². The highest BCUT2D eigenvalue weighted by Crippen LogP contribution is 2.65. The molecule has 3 saturated heterocycles. The van der Waals surface area contributed by atoms with Gasteiger partial charge in [-0.1, -0.05) is 43.2 Å². The first-order chi connectivity index (χ1) is 23.8. The van der Waals surface area contributed by atoms with Gasteiger partial charge in [0.25, 0.3) is 0 Å². The van der Waals surface area contributed by atoms with Crippen LogP contribution in [0.25, 0.3) is 0 Å². The monoisotopic (exact) mass is 695 g/mol. The zero-order valence-corrected chi connectivity index (χ0v) is 30.2. The van der Waals surface area contributed by atoms with E-state index in [4.69, 9.17) is 9.47 Å². The maximum atomic E-state index is 12.0. The van der Waals surface area contributed by atoms with E-state index in [0.717, 1.165) is 57.2 Å². The first-order valence-electron chi connectivity index (χ1n) is 19.1. The van der Waals surface area contributed by atoms with Crippen LogP contribution in [0.1, 0.15) is 97.9 Å². The molecule has 0 bridgehead atoms. The van der Waals surface area contributed by atoms with Crippen molar-refractivity contribution in [3.63, 3.8) is 0 Å². The molecule has 15 atom stereocenters. The van der Waals surface area contributed by atoms with Crippen LogP contribution in [0.3, 0.4) is 0 Å². The lowest BCUT2D eigenvalue weighted by atomic mass is 9.56. The predicted octanol–water partition coefficient (Wildman–Crippen LogP) is 2.62. The fourth-order valence-electron chi connectivity index (χ4n) is 12.1. The number of nitrogens with zero attached hydrogens (tertiary/aromatic N) is 4. The smallest absolute Gasteiger partial charge is 0.217 e. The van der Waals surface area contributed by atoms with Crippen molar-refractivity contribution in [3.05, 3.63) is 34.7 Å². The van der Waals surface area contributed by atoms with Gasteiger partial charge in [0.1, 0.15) is 24.4 Å². The van der Waals surface area contributed by atoms with E-state index in [-0.39, 0.29) is 35.2 Å². The van der Waals surface area contributed by atoms with Gasteiger partial charge >= 0.3 is 0 Å². The molecular formula is C38H57N5O7. The van der Waals surface area contributed by atoms with Gasteiger partial charge in [-0.15, -0.1) is 5.10 Å². The highest BCUT2D eigenvalue weighted by Gasteiger charge is 2.61. The van der Waals surface area contributed by atoms with Crippen LogP contribution in [0.15, 0.2) is 29.0 Å². The van der Waals surface area contributed by atoms with E-state index in [9.17, 15) is 25.2 Å². The number of rotatable bonds is 5. The number of allylic oxidation sites excluding steroid dienone is 2. The van der Waals surface area contributed by atoms with Gasteiger partial charge < -0.3 is 35.2 Å². The molecule has 5 fully saturated rings. The quantitative estimate of drug-likeness (QED) is 0.290. The molecule has 0 radical (unpaired) electrons. The number of hydrogen-bond acceptors (Lipinski definition) is 10. The molecule has 0 aromatic carbocycles. The normalized spacial score (nSPS) is 47.4. The molecule has 276 valence electrons. The van der Waals surface area contributed by atoms with E-state index in [0.29, 0.717) is 36.1 Å². The van der Waals surface area contributed by atoms with Crippen LogP contribution in [0, 0.1) is 35.0 Å². The summed E-state index contributed by atoms with van der Waals surface area (Å²) >= 11 is 0. The summed E-state index contributed by atoms with van der Waals surface area (Å²) in [6, 6.07) is -0.742. The lowest BCUT2D eigenvalue weighted by molar-refractivity contribution is -0.219. The number of aliphatic hydroxyl groups is 4. The van der Waals surface area contributed by atoms with Gasteiger partial charge in [0.15, 0.2) is 6.23 Å². The summed E-state index contributed by atoms with van der Waals surface area (Å²) < 4.78 is 14.8. The fourth-order valence-corrected chi connectivity index (χ4v) is 12.1. The largest absolute Gasteiger partial charge is 0.394 e. The average molecular weight is 696 g/mol. The maximum absolute atomic E-state index is 12.0. The fraction of sp³-hybridized carbons (Fsp3) is 0.816. The third-order valence-electron chi connectivity index (χ3n) is 14.6. The lowest BCUT2D eigenvalue weighted by Crippen LogP contribution is -2.62. The van der Waals surface area contributed by atoms with Crippen molar-refractivity contribution in [2.45, 2.75) is 147 Å². The van der Waals surface area contributed by atoms with Crippen LogP contribution in [0.4, 0.5) is 0 Å². The number of nitrogens with one attached hydrogen (secondary N) is 1. The SMILES string of the molecule is CC(=O)NC1C(O)[C@H](O)C(CO)O[C@H]1n1cc(CN2C[C@@H](C)C[C@H]3O[C@]4(CC[C@@H]5C(=C4C)C[C@H]4[C@H]5CC=C5C[C@@H](O)CC[C@@]54C)[C@H](C)[C@@H]32)nn1. The standard InChI is InChI=1S/C38H57N5O7/c1-19-12-30-33(42(15-19)16-24-17-43(41-40-24)36-32(39-22(4)45)35(48)34(47)31(18-44)49-36)21(3)38(50-30)11-9-26-27-7-6-23-13-25(46)8-10-37(23,5)29(27)14-28(26)20(38)2/h6,17,19,21,25-27,29-36,44,46-48H,7-16,18H2,1-5H3,(H,39,45)/t19-,21+,25-,26-,27-,29-,30+,31?,32?,33-,34+,35?,36+,37-,38-/m0/s1. The van der Waals surface area contributed by atoms with Gasteiger partial charge in [-0.05, 0) is 93.0 Å². The highest BCUT2D eigenvalue weighted by molar-refractivity contribution is 5.73. The van der Waals surface area contributed by atoms with Gasteiger partial charge in [0, 0.05) is 32.0 Å². The number of hydrogen-bond donors (Lipinski definition) is 5. The van der Waals surface area contributed by atoms with Crippen molar-refractivity contribution in [2.24, 2.45) is 35.0 Å². The summed E-state index contributed by atoms with van der Waals surface area (Å²) in [7, 11) is 0. The van der Waals surface area contributed by atoms with E-state index >= 15 is 0 Å². The van der Waals surface area contributed by atoms with Gasteiger partial charge in [-0.2, -0.15) is 0 Å². The summed E-state index contributed by atoms with van der Waals surface area (Å²) in [6.45, 7) is 11.9. The van der Waals surface area contributed by atoms with Crippen molar-refractivity contribution in [1.82, 2.24) is 25.2 Å². The average Bonchev–Trinajstić information content (AvgIpc) is 3.77. The van der Waals surface area contributed by atoms with Gasteiger partial charge in [0.05, 0.1) is 36.3 Å². The second-order valence-corrected chi connectivity index (χ2v) is 17.3. The second kappa shape index (κ2) is 12.7. The number of carbonyl (C=O) groups is 1. The van der Waals surface area contributed by atoms with Crippen molar-refractivity contribution >= 4 is 5.91 Å². The van der Waals surface area contributed by atoms with Crippen LogP contribution in [0.2, 0.25) is 0 Å². The Kier molecular flexibility index (Phi) is 8.89. The lowest BCUT2D eigenvalue weighted by Gasteiger charge is -2.49. The van der Waals surface area contributed by atoms with Crippen molar-refractivity contribution in [3.8, 4) is 0 Å². The Balaban J connectivity index is 1.03. The molecule has 4 aliphatic carbocycles. The summed E-state index contributed by atoms with van der Waals surface area (Å²) in [5, 5.41) is 53.1. The number of piperidine rings is 1. The van der Waals surface area contributed by atoms with E-state index in [2.05, 4.69) is 54.3 Å². The Hall–Kier alpha value is -2.19. The first-order valence-corrected chi connectivity index (χ1v) is 19.1. The number of fused-ring (bicyclic) bond motifs is 6. The van der Waals surface area contributed by atoms with E-state index in [1.54, 1.807) is 11.8 Å². The Bertz CT molecular complexity index is 1550. The third-order valence-corrected chi connectivity index (χ3v) is 14.6. The van der Waals surface area contributed by atoms with Gasteiger partial charge in [0.2, 0.25) is 5.91 Å². The second-order valence-electron chi connectivity index (χ2n) is 17.3. The Morgan fingerprint density at radius 2 is 1.94 bits per heavy atom. The first kappa shape index (κ1) is 34.9. The number of amides is 1. The molecule has 3 aliphatic heterocycles. The number of aromatic nitrogens is 3. The van der Waals surface area contributed by atoms with Crippen LogP contribution in [0.5, 0.6) is 0 Å². The van der Waals surface area contributed by atoms with E-state index < -0.39 is 37.2 Å². The van der Waals surface area contributed by atoms with Crippen molar-refractivity contribution < 1.29 is 34.7 Å². The minimum atomic E-state index is -1.36. The minimum absolute atomic E-state index is 0.123. The molecule has 12 heteroatoms. The summed E-state index contributed by atoms with van der Waals surface area (Å²) in [5.41, 5.74) is 5.32.